The lowest BCUT2D eigenvalue weighted by atomic mass is 9.82. The maximum absolute atomic E-state index is 2.36. The fourth-order valence-corrected chi connectivity index (χ4v) is 6.85. The molecule has 0 aromatic carbocycles. The Morgan fingerprint density at radius 2 is 0.395 bits per heavy atom. The van der Waals surface area contributed by atoms with Gasteiger partial charge in [0.25, 0.3) is 0 Å². The van der Waals surface area contributed by atoms with Crippen LogP contribution in [0.15, 0.2) is 0 Å². The molecule has 4 aliphatic carbocycles. The van der Waals surface area contributed by atoms with Crippen molar-refractivity contribution >= 4 is 0 Å². The van der Waals surface area contributed by atoms with Crippen LogP contribution in [-0.2, 0) is 0 Å². The zero-order valence-electron chi connectivity index (χ0n) is 25.3. The molecular formula is C38H84. The van der Waals surface area contributed by atoms with Gasteiger partial charge in [0.2, 0.25) is 0 Å². The van der Waals surface area contributed by atoms with Crippen molar-refractivity contribution in [1.29, 1.82) is 0 Å². The van der Waals surface area contributed by atoms with Crippen LogP contribution in [0.3, 0.4) is 0 Å². The summed E-state index contributed by atoms with van der Waals surface area (Å²) < 4.78 is 0. The van der Waals surface area contributed by atoms with E-state index < -0.39 is 0 Å². The van der Waals surface area contributed by atoms with Gasteiger partial charge in [-0.15, -0.1) is 0 Å². The Hall–Kier alpha value is 0. The van der Waals surface area contributed by atoms with Gasteiger partial charge in [0, 0.05) is 0 Å². The molecule has 0 saturated heterocycles. The molecule has 0 heteroatoms. The van der Waals surface area contributed by atoms with Crippen LogP contribution in [0.4, 0.5) is 0 Å². The van der Waals surface area contributed by atoms with Crippen molar-refractivity contribution in [3.8, 4) is 0 Å². The standard InChI is InChI=1S/2C9H18.2C8H16.4CH4/c2*1-8(2)9-6-4-3-5-7-9;2*1-7(2)8-5-3-4-6-8;;;;/h2*8-9H,3-7H2,1-2H3;2*7-8H,3-6H2,1-2H3;4*1H4. The highest BCUT2D eigenvalue weighted by Gasteiger charge is 2.18. The van der Waals surface area contributed by atoms with Crippen LogP contribution in [0.5, 0.6) is 0 Å². The highest BCUT2D eigenvalue weighted by atomic mass is 14.2. The van der Waals surface area contributed by atoms with Gasteiger partial charge in [0.15, 0.2) is 0 Å². The molecule has 0 aliphatic heterocycles. The zero-order chi connectivity index (χ0) is 25.3. The smallest absolute Gasteiger partial charge is 0.0391 e. The van der Waals surface area contributed by atoms with Crippen molar-refractivity contribution < 1.29 is 0 Å². The zero-order valence-corrected chi connectivity index (χ0v) is 25.3. The predicted octanol–water partition coefficient (Wildman–Crippen LogP) is 14.7. The molecule has 236 valence electrons. The van der Waals surface area contributed by atoms with E-state index in [0.717, 1.165) is 47.3 Å². The summed E-state index contributed by atoms with van der Waals surface area (Å²) in [6.45, 7) is 18.8. The predicted molar refractivity (Wildman–Crippen MR) is 183 cm³/mol. The Kier molecular flexibility index (Phi) is 32.2. The third-order valence-electron chi connectivity index (χ3n) is 9.87. The molecule has 0 spiro atoms. The Balaban J connectivity index is -0.000000196. The highest BCUT2D eigenvalue weighted by molar-refractivity contribution is 4.70. The third kappa shape index (κ3) is 20.8. The molecule has 38 heavy (non-hydrogen) atoms. The van der Waals surface area contributed by atoms with Gasteiger partial charge in [-0.2, -0.15) is 0 Å². The Morgan fingerprint density at radius 3 is 0.500 bits per heavy atom. The van der Waals surface area contributed by atoms with Gasteiger partial charge < -0.3 is 0 Å². The molecule has 0 N–H and O–H groups in total. The van der Waals surface area contributed by atoms with E-state index in [-0.39, 0.29) is 29.7 Å². The van der Waals surface area contributed by atoms with Crippen molar-refractivity contribution in [2.45, 2.75) is 201 Å². The average molecular weight is 541 g/mol. The third-order valence-corrected chi connectivity index (χ3v) is 9.87. The van der Waals surface area contributed by atoms with Gasteiger partial charge >= 0.3 is 0 Å². The molecule has 0 aromatic heterocycles. The number of hydrogen-bond donors (Lipinski definition) is 0. The minimum Gasteiger partial charge on any atom is -0.0776 e. The SMILES string of the molecule is C.C.C.C.CC(C)C1CCCC1.CC(C)C1CCCC1.CC(C)C1CCCCC1.CC(C)C1CCCCC1. The molecule has 0 bridgehead atoms. The molecule has 0 aromatic rings. The molecular weight excluding hydrogens is 456 g/mol. The van der Waals surface area contributed by atoms with E-state index in [4.69, 9.17) is 0 Å². The number of rotatable bonds is 4. The second-order valence-corrected chi connectivity index (χ2v) is 13.9. The summed E-state index contributed by atoms with van der Waals surface area (Å²) in [7, 11) is 0. The van der Waals surface area contributed by atoms with Gasteiger partial charge in [0.1, 0.15) is 0 Å². The van der Waals surface area contributed by atoms with Crippen LogP contribution in [-0.4, -0.2) is 0 Å². The summed E-state index contributed by atoms with van der Waals surface area (Å²) in [5.74, 6) is 7.99. The first-order valence-corrected chi connectivity index (χ1v) is 16.2. The average Bonchev–Trinajstić information content (AvgIpc) is 3.56. The molecule has 0 radical (unpaired) electrons. The Morgan fingerprint density at radius 1 is 0.263 bits per heavy atom. The van der Waals surface area contributed by atoms with Crippen molar-refractivity contribution in [3.63, 3.8) is 0 Å². The molecule has 0 amide bonds. The minimum atomic E-state index is 0. The molecule has 4 rings (SSSR count). The first-order valence-electron chi connectivity index (χ1n) is 16.2. The van der Waals surface area contributed by atoms with E-state index in [1.165, 1.54) is 116 Å². The van der Waals surface area contributed by atoms with Crippen LogP contribution in [0.2, 0.25) is 0 Å². The van der Waals surface area contributed by atoms with Crippen molar-refractivity contribution in [3.05, 3.63) is 0 Å². The summed E-state index contributed by atoms with van der Waals surface area (Å²) >= 11 is 0. The number of hydrogen-bond acceptors (Lipinski definition) is 0. The second-order valence-electron chi connectivity index (χ2n) is 13.9. The van der Waals surface area contributed by atoms with E-state index in [1.54, 1.807) is 0 Å². The summed E-state index contributed by atoms with van der Waals surface area (Å²) in [6, 6.07) is 0. The summed E-state index contributed by atoms with van der Waals surface area (Å²) in [4.78, 5) is 0. The molecule has 0 nitrogen and oxygen atoms in total. The molecule has 4 saturated carbocycles. The first kappa shape index (κ1) is 45.0. The topological polar surface area (TPSA) is 0 Å². The van der Waals surface area contributed by atoms with E-state index in [0.29, 0.717) is 0 Å². The van der Waals surface area contributed by atoms with Crippen LogP contribution >= 0.6 is 0 Å². The van der Waals surface area contributed by atoms with E-state index in [1.807, 2.05) is 0 Å². The largest absolute Gasteiger partial charge is 0.0776 e. The fraction of sp³-hybridized carbons (Fsp3) is 1.00. The van der Waals surface area contributed by atoms with Crippen LogP contribution < -0.4 is 0 Å². The molecule has 4 fully saturated rings. The van der Waals surface area contributed by atoms with Crippen molar-refractivity contribution in [2.75, 3.05) is 0 Å². The molecule has 4 aliphatic rings. The van der Waals surface area contributed by atoms with Crippen molar-refractivity contribution in [1.82, 2.24) is 0 Å². The van der Waals surface area contributed by atoms with Crippen LogP contribution in [0.1, 0.15) is 201 Å². The van der Waals surface area contributed by atoms with Gasteiger partial charge in [-0.3, -0.25) is 0 Å². The normalized spacial score (nSPS) is 20.5. The Bertz CT molecular complexity index is 379. The fourth-order valence-electron chi connectivity index (χ4n) is 6.85. The van der Waals surface area contributed by atoms with Gasteiger partial charge in [-0.25, -0.2) is 0 Å². The lowest BCUT2D eigenvalue weighted by Crippen LogP contribution is -2.12. The summed E-state index contributed by atoms with van der Waals surface area (Å²) in [5.41, 5.74) is 0. The highest BCUT2D eigenvalue weighted by Crippen LogP contribution is 2.32. The Labute approximate surface area is 247 Å². The molecule has 0 atom stereocenters. The van der Waals surface area contributed by atoms with Crippen LogP contribution in [0.25, 0.3) is 0 Å². The van der Waals surface area contributed by atoms with E-state index >= 15 is 0 Å². The van der Waals surface area contributed by atoms with Gasteiger partial charge in [0.05, 0.1) is 0 Å². The summed E-state index contributed by atoms with van der Waals surface area (Å²) in [5, 5.41) is 0. The maximum Gasteiger partial charge on any atom is -0.0391 e. The van der Waals surface area contributed by atoms with Gasteiger partial charge in [-0.05, 0) is 47.3 Å². The quantitative estimate of drug-likeness (QED) is 0.332. The first-order chi connectivity index (χ1) is 16.2. The molecule has 0 heterocycles. The monoisotopic (exact) mass is 541 g/mol. The lowest BCUT2D eigenvalue weighted by Gasteiger charge is -2.24. The second kappa shape index (κ2) is 27.2. The van der Waals surface area contributed by atoms with Gasteiger partial charge in [-0.1, -0.05) is 201 Å². The van der Waals surface area contributed by atoms with E-state index in [9.17, 15) is 0 Å². The van der Waals surface area contributed by atoms with Crippen LogP contribution in [0, 0.1) is 47.3 Å². The summed E-state index contributed by atoms with van der Waals surface area (Å²) in [6.07, 6.45) is 26.9. The van der Waals surface area contributed by atoms with E-state index in [2.05, 4.69) is 55.4 Å². The minimum absolute atomic E-state index is 0. The maximum atomic E-state index is 2.36. The van der Waals surface area contributed by atoms with Crippen molar-refractivity contribution in [2.24, 2.45) is 47.3 Å². The lowest BCUT2D eigenvalue weighted by molar-refractivity contribution is 0.279. The molecule has 0 unspecified atom stereocenters.